The molecule has 204 valence electrons. The number of benzene rings is 4. The summed E-state index contributed by atoms with van der Waals surface area (Å²) in [4.78, 5) is 0. The van der Waals surface area contributed by atoms with E-state index in [0.717, 1.165) is 0 Å². The number of hydrogen-bond donors (Lipinski definition) is 0. The molecule has 0 radical (unpaired) electrons. The second-order valence-electron chi connectivity index (χ2n) is 8.21. The molecule has 0 aliphatic rings. The predicted octanol–water partition coefficient (Wildman–Crippen LogP) is 8.36. The van der Waals surface area contributed by atoms with Crippen molar-refractivity contribution in [2.45, 2.75) is 13.8 Å². The van der Waals surface area contributed by atoms with Crippen LogP contribution in [0.5, 0.6) is 0 Å². The Balaban J connectivity index is 0.000000267. The molecule has 0 spiro atoms. The van der Waals surface area contributed by atoms with Gasteiger partial charge in [-0.1, -0.05) is 62.4 Å². The van der Waals surface area contributed by atoms with Crippen LogP contribution in [0.25, 0.3) is 43.1 Å². The van der Waals surface area contributed by atoms with E-state index in [1.54, 1.807) is 13.8 Å². The predicted molar refractivity (Wildman–Crippen MR) is 168 cm³/mol. The SMILES string of the molecule is C=C.CC[O-].CC[O-].[Zr+2].c1ccc2[cH-]ccc2c1.c1ccc2[cH-]ccc2c1.c1ccc2c(c1)[cH-]c1ccccc12. The Hall–Kier alpha value is -3.49. The molecule has 0 amide bonds. The van der Waals surface area contributed by atoms with Crippen LogP contribution in [0.2, 0.25) is 0 Å². The Morgan fingerprint density at radius 1 is 0.500 bits per heavy atom. The number of rotatable bonds is 0. The van der Waals surface area contributed by atoms with E-state index in [0.29, 0.717) is 0 Å². The van der Waals surface area contributed by atoms with Crippen LogP contribution >= 0.6 is 0 Å². The first kappa shape index (κ1) is 34.5. The number of fused-ring (bicyclic) bond motifs is 5. The van der Waals surface area contributed by atoms with Gasteiger partial charge in [0.1, 0.15) is 0 Å². The summed E-state index contributed by atoms with van der Waals surface area (Å²) in [5, 5.41) is 28.6. The molecule has 0 unspecified atom stereocenters. The van der Waals surface area contributed by atoms with E-state index < -0.39 is 0 Å². The Labute approximate surface area is 258 Å². The van der Waals surface area contributed by atoms with Gasteiger partial charge >= 0.3 is 26.2 Å². The van der Waals surface area contributed by atoms with Crippen LogP contribution in [0.4, 0.5) is 0 Å². The molecule has 2 nitrogen and oxygen atoms in total. The zero-order valence-electron chi connectivity index (χ0n) is 23.4. The second-order valence-corrected chi connectivity index (χ2v) is 8.21. The molecule has 0 saturated carbocycles. The molecule has 0 atom stereocenters. The zero-order chi connectivity index (χ0) is 28.3. The van der Waals surface area contributed by atoms with E-state index >= 15 is 0 Å². The Kier molecular flexibility index (Phi) is 17.6. The van der Waals surface area contributed by atoms with Crippen LogP contribution in [0, 0.1) is 0 Å². The van der Waals surface area contributed by atoms with Gasteiger partial charge in [0, 0.05) is 0 Å². The van der Waals surface area contributed by atoms with Crippen LogP contribution < -0.4 is 10.2 Å². The average molecular weight is 605 g/mol. The van der Waals surface area contributed by atoms with Gasteiger partial charge in [-0.3, -0.25) is 0 Å². The summed E-state index contributed by atoms with van der Waals surface area (Å²) in [6, 6.07) is 48.6. The average Bonchev–Trinajstić information content (AvgIpc) is 3.74. The molecule has 40 heavy (non-hydrogen) atoms. The summed E-state index contributed by atoms with van der Waals surface area (Å²) in [7, 11) is 0. The third-order valence-electron chi connectivity index (χ3n) is 5.62. The monoisotopic (exact) mass is 603 g/mol. The maximum Gasteiger partial charge on any atom is 2.00 e. The molecule has 0 fully saturated rings. The molecular weight excluding hydrogens is 568 g/mol. The standard InChI is InChI=1S/C13H9.2C9H7.2C2H5O.C2H4.Zr/c1-3-7-12-10(5-1)9-11-6-2-4-8-13(11)12;2*1-2-5-9-7-3-6-8(9)4-1;2*1-2-3;1-2;/h1-9H;2*1-7H;2*2H2,1H3;1-2H2;/q5*-1;;+2. The van der Waals surface area contributed by atoms with Crippen molar-refractivity contribution in [2.24, 2.45) is 0 Å². The maximum atomic E-state index is 8.93. The molecule has 0 aromatic heterocycles. The minimum atomic E-state index is 0. The van der Waals surface area contributed by atoms with Gasteiger partial charge in [-0.05, 0) is 0 Å². The van der Waals surface area contributed by atoms with Gasteiger partial charge in [-0.15, -0.1) is 125 Å². The van der Waals surface area contributed by atoms with E-state index in [9.17, 15) is 0 Å². The molecule has 0 saturated heterocycles. The van der Waals surface area contributed by atoms with Crippen LogP contribution in [-0.2, 0) is 26.2 Å². The van der Waals surface area contributed by atoms with Gasteiger partial charge in [-0.25, -0.2) is 0 Å². The minimum Gasteiger partial charge on any atom is -0.855 e. The first-order chi connectivity index (χ1) is 19.2. The quantitative estimate of drug-likeness (QED) is 0.129. The van der Waals surface area contributed by atoms with Gasteiger partial charge in [0.2, 0.25) is 0 Å². The summed E-state index contributed by atoms with van der Waals surface area (Å²) in [6.45, 7) is 9.14. The van der Waals surface area contributed by atoms with Gasteiger partial charge in [0.05, 0.1) is 0 Å². The van der Waals surface area contributed by atoms with E-state index in [2.05, 4.69) is 153 Å². The van der Waals surface area contributed by atoms with Crippen LogP contribution in [0.15, 0.2) is 153 Å². The first-order valence-electron chi connectivity index (χ1n) is 13.1. The third kappa shape index (κ3) is 10.6. The fourth-order valence-corrected chi connectivity index (χ4v) is 4.04. The van der Waals surface area contributed by atoms with Crippen molar-refractivity contribution in [3.8, 4) is 0 Å². The fraction of sp³-hybridized carbons (Fsp3) is 0.108. The summed E-state index contributed by atoms with van der Waals surface area (Å²) >= 11 is 0. The summed E-state index contributed by atoms with van der Waals surface area (Å²) in [5.41, 5.74) is 0. The first-order valence-corrected chi connectivity index (χ1v) is 13.1. The molecule has 0 aliphatic heterocycles. The topological polar surface area (TPSA) is 46.1 Å². The van der Waals surface area contributed by atoms with Gasteiger partial charge in [0.25, 0.3) is 0 Å². The van der Waals surface area contributed by atoms with E-state index in [1.807, 2.05) is 0 Å². The molecule has 3 heteroatoms. The third-order valence-corrected chi connectivity index (χ3v) is 5.62. The Bertz CT molecular complexity index is 1420. The molecule has 0 heterocycles. The Morgan fingerprint density at radius 3 is 1.15 bits per heavy atom. The summed E-state index contributed by atoms with van der Waals surface area (Å²) < 4.78 is 0. The smallest absolute Gasteiger partial charge is 0.855 e. The molecular formula is C37H37O2Zr-3. The van der Waals surface area contributed by atoms with Crippen molar-refractivity contribution in [1.82, 2.24) is 0 Å². The molecule has 7 aromatic rings. The maximum absolute atomic E-state index is 8.93. The molecule has 7 aromatic carbocycles. The van der Waals surface area contributed by atoms with Crippen LogP contribution in [-0.4, -0.2) is 13.2 Å². The molecule has 0 N–H and O–H groups in total. The van der Waals surface area contributed by atoms with Crippen LogP contribution in [0.3, 0.4) is 0 Å². The van der Waals surface area contributed by atoms with Crippen molar-refractivity contribution < 1.29 is 36.4 Å². The molecule has 0 bridgehead atoms. The van der Waals surface area contributed by atoms with Crippen molar-refractivity contribution in [2.75, 3.05) is 13.2 Å². The van der Waals surface area contributed by atoms with Crippen molar-refractivity contribution in [3.05, 3.63) is 153 Å². The van der Waals surface area contributed by atoms with E-state index in [1.165, 1.54) is 43.1 Å². The summed E-state index contributed by atoms with van der Waals surface area (Å²) in [6.07, 6.45) is 0. The second kappa shape index (κ2) is 20.4. The zero-order valence-corrected chi connectivity index (χ0v) is 25.9. The fourth-order valence-electron chi connectivity index (χ4n) is 4.04. The van der Waals surface area contributed by atoms with E-state index in [-0.39, 0.29) is 39.4 Å². The molecule has 0 aliphatic carbocycles. The Morgan fingerprint density at radius 2 is 0.800 bits per heavy atom. The summed E-state index contributed by atoms with van der Waals surface area (Å²) in [5.74, 6) is 0. The van der Waals surface area contributed by atoms with Crippen molar-refractivity contribution in [3.63, 3.8) is 0 Å². The van der Waals surface area contributed by atoms with E-state index in [4.69, 9.17) is 10.2 Å². The van der Waals surface area contributed by atoms with Gasteiger partial charge in [-0.2, -0.15) is 35.0 Å². The van der Waals surface area contributed by atoms with Crippen LogP contribution in [0.1, 0.15) is 13.8 Å². The largest absolute Gasteiger partial charge is 2.00 e. The van der Waals surface area contributed by atoms with Gasteiger partial charge < -0.3 is 10.2 Å². The normalized spacial score (nSPS) is 9.20. The minimum absolute atomic E-state index is 0. The van der Waals surface area contributed by atoms with Gasteiger partial charge in [0.15, 0.2) is 0 Å². The molecule has 7 rings (SSSR count). The number of hydrogen-bond acceptors (Lipinski definition) is 2. The van der Waals surface area contributed by atoms with Crippen molar-refractivity contribution in [1.29, 1.82) is 0 Å². The van der Waals surface area contributed by atoms with Crippen molar-refractivity contribution >= 4 is 43.1 Å².